The highest BCUT2D eigenvalue weighted by molar-refractivity contribution is 5.74. The lowest BCUT2D eigenvalue weighted by molar-refractivity contribution is 0.208. The zero-order chi connectivity index (χ0) is 17.5. The summed E-state index contributed by atoms with van der Waals surface area (Å²) in [6.07, 6.45) is 3.89. The minimum Gasteiger partial charge on any atom is -0.490 e. The highest BCUT2D eigenvalue weighted by atomic mass is 16.5. The van der Waals surface area contributed by atoms with E-state index in [1.165, 1.54) is 0 Å². The molecule has 1 saturated heterocycles. The number of hydrogen-bond donors (Lipinski definition) is 1. The molecule has 0 bridgehead atoms. The maximum atomic E-state index is 12.0. The second-order valence-corrected chi connectivity index (χ2v) is 5.84. The number of likely N-dealkylation sites (tertiary alicyclic amines) is 1. The third kappa shape index (κ3) is 4.62. The van der Waals surface area contributed by atoms with E-state index in [-0.39, 0.29) is 6.03 Å². The van der Waals surface area contributed by atoms with E-state index in [0.717, 1.165) is 31.5 Å². The summed E-state index contributed by atoms with van der Waals surface area (Å²) in [6, 6.07) is 11.2. The van der Waals surface area contributed by atoms with Crippen LogP contribution in [0.5, 0.6) is 17.4 Å². The van der Waals surface area contributed by atoms with Crippen molar-refractivity contribution in [3.05, 3.63) is 48.2 Å². The minimum absolute atomic E-state index is 0.0107. The fourth-order valence-electron chi connectivity index (χ4n) is 2.71. The number of hydrogen-bond acceptors (Lipinski definition) is 4. The first-order chi connectivity index (χ1) is 12.3. The van der Waals surface area contributed by atoms with Crippen LogP contribution in [0.3, 0.4) is 0 Å². The van der Waals surface area contributed by atoms with Crippen LogP contribution in [0.15, 0.2) is 42.6 Å². The van der Waals surface area contributed by atoms with Crippen molar-refractivity contribution in [3.8, 4) is 17.4 Å². The molecular formula is C19H23N3O3. The molecule has 3 rings (SSSR count). The number of nitrogens with zero attached hydrogens (tertiary/aromatic N) is 2. The van der Waals surface area contributed by atoms with Crippen LogP contribution in [0.1, 0.15) is 25.3 Å². The topological polar surface area (TPSA) is 63.7 Å². The minimum atomic E-state index is -0.0107. The van der Waals surface area contributed by atoms with Crippen LogP contribution >= 0.6 is 0 Å². The van der Waals surface area contributed by atoms with Crippen LogP contribution in [-0.2, 0) is 6.54 Å². The number of rotatable bonds is 6. The Morgan fingerprint density at radius 1 is 1.16 bits per heavy atom. The number of nitrogens with one attached hydrogen (secondary N) is 1. The van der Waals surface area contributed by atoms with Crippen LogP contribution in [0.2, 0.25) is 0 Å². The predicted molar refractivity (Wildman–Crippen MR) is 95.0 cm³/mol. The third-order valence-corrected chi connectivity index (χ3v) is 4.00. The number of aromatic nitrogens is 1. The van der Waals surface area contributed by atoms with Gasteiger partial charge in [-0.2, -0.15) is 0 Å². The molecule has 1 aliphatic heterocycles. The summed E-state index contributed by atoms with van der Waals surface area (Å²) in [5.74, 6) is 1.81. The number of para-hydroxylation sites is 2. The third-order valence-electron chi connectivity index (χ3n) is 4.00. The SMILES string of the molecule is CCOc1ccccc1Oc1ccc(CNC(=O)N2CCCC2)cn1. The summed E-state index contributed by atoms with van der Waals surface area (Å²) in [6.45, 7) is 4.65. The Balaban J connectivity index is 1.56. The van der Waals surface area contributed by atoms with Crippen molar-refractivity contribution in [1.82, 2.24) is 15.2 Å². The van der Waals surface area contributed by atoms with E-state index in [1.807, 2.05) is 42.2 Å². The molecule has 1 fully saturated rings. The smallest absolute Gasteiger partial charge is 0.317 e. The second-order valence-electron chi connectivity index (χ2n) is 5.84. The number of carbonyl (C=O) groups excluding carboxylic acids is 1. The van der Waals surface area contributed by atoms with Gasteiger partial charge in [0.2, 0.25) is 5.88 Å². The first-order valence-electron chi connectivity index (χ1n) is 8.63. The quantitative estimate of drug-likeness (QED) is 0.872. The van der Waals surface area contributed by atoms with Gasteiger partial charge in [0.15, 0.2) is 11.5 Å². The molecule has 0 spiro atoms. The van der Waals surface area contributed by atoms with Crippen molar-refractivity contribution in [3.63, 3.8) is 0 Å². The molecule has 0 unspecified atom stereocenters. The molecule has 1 N–H and O–H groups in total. The summed E-state index contributed by atoms with van der Waals surface area (Å²) < 4.78 is 11.3. The Morgan fingerprint density at radius 2 is 1.92 bits per heavy atom. The zero-order valence-corrected chi connectivity index (χ0v) is 14.4. The van der Waals surface area contributed by atoms with Crippen molar-refractivity contribution in [1.29, 1.82) is 0 Å². The molecule has 1 aromatic carbocycles. The molecule has 1 aromatic heterocycles. The van der Waals surface area contributed by atoms with Crippen LogP contribution < -0.4 is 14.8 Å². The van der Waals surface area contributed by atoms with Gasteiger partial charge in [-0.05, 0) is 37.5 Å². The van der Waals surface area contributed by atoms with Gasteiger partial charge in [-0.25, -0.2) is 9.78 Å². The fourth-order valence-corrected chi connectivity index (χ4v) is 2.71. The Kier molecular flexibility index (Phi) is 5.72. The average Bonchev–Trinajstić information content (AvgIpc) is 3.17. The van der Waals surface area contributed by atoms with E-state index in [4.69, 9.17) is 9.47 Å². The van der Waals surface area contributed by atoms with Crippen molar-refractivity contribution < 1.29 is 14.3 Å². The largest absolute Gasteiger partial charge is 0.490 e. The van der Waals surface area contributed by atoms with E-state index in [2.05, 4.69) is 10.3 Å². The maximum absolute atomic E-state index is 12.0. The molecule has 0 radical (unpaired) electrons. The van der Waals surface area contributed by atoms with Crippen molar-refractivity contribution in [2.45, 2.75) is 26.3 Å². The van der Waals surface area contributed by atoms with Gasteiger partial charge in [-0.1, -0.05) is 18.2 Å². The lowest BCUT2D eigenvalue weighted by Crippen LogP contribution is -2.37. The molecule has 1 aliphatic rings. The lowest BCUT2D eigenvalue weighted by Gasteiger charge is -2.16. The molecule has 2 aromatic rings. The Labute approximate surface area is 147 Å². The average molecular weight is 341 g/mol. The van der Waals surface area contributed by atoms with Gasteiger partial charge >= 0.3 is 6.03 Å². The van der Waals surface area contributed by atoms with Gasteiger partial charge < -0.3 is 19.7 Å². The van der Waals surface area contributed by atoms with E-state index in [1.54, 1.807) is 12.3 Å². The summed E-state index contributed by atoms with van der Waals surface area (Å²) >= 11 is 0. The molecule has 25 heavy (non-hydrogen) atoms. The highest BCUT2D eigenvalue weighted by Crippen LogP contribution is 2.30. The van der Waals surface area contributed by atoms with Gasteiger partial charge in [0, 0.05) is 31.9 Å². The van der Waals surface area contributed by atoms with E-state index < -0.39 is 0 Å². The van der Waals surface area contributed by atoms with E-state index in [9.17, 15) is 4.79 Å². The molecule has 2 heterocycles. The normalized spacial score (nSPS) is 13.6. The lowest BCUT2D eigenvalue weighted by atomic mass is 10.3. The van der Waals surface area contributed by atoms with Crippen LogP contribution in [-0.4, -0.2) is 35.6 Å². The van der Waals surface area contributed by atoms with Gasteiger partial charge in [-0.15, -0.1) is 0 Å². The van der Waals surface area contributed by atoms with Crippen molar-refractivity contribution >= 4 is 6.03 Å². The first-order valence-corrected chi connectivity index (χ1v) is 8.63. The van der Waals surface area contributed by atoms with E-state index >= 15 is 0 Å². The number of urea groups is 1. The molecule has 6 heteroatoms. The summed E-state index contributed by atoms with van der Waals surface area (Å²) in [4.78, 5) is 18.1. The predicted octanol–water partition coefficient (Wildman–Crippen LogP) is 3.58. The summed E-state index contributed by atoms with van der Waals surface area (Å²) in [5, 5.41) is 2.92. The number of benzene rings is 1. The maximum Gasteiger partial charge on any atom is 0.317 e. The molecular weight excluding hydrogens is 318 g/mol. The monoisotopic (exact) mass is 341 g/mol. The van der Waals surface area contributed by atoms with E-state index in [0.29, 0.717) is 30.5 Å². The second kappa shape index (κ2) is 8.37. The molecule has 2 amide bonds. The van der Waals surface area contributed by atoms with Gasteiger partial charge in [-0.3, -0.25) is 0 Å². The standard InChI is InChI=1S/C19H23N3O3/c1-2-24-16-7-3-4-8-17(16)25-18-10-9-15(13-20-18)14-21-19(23)22-11-5-6-12-22/h3-4,7-10,13H,2,5-6,11-12,14H2,1H3,(H,21,23). The van der Waals surface area contributed by atoms with Crippen molar-refractivity contribution in [2.75, 3.05) is 19.7 Å². The van der Waals surface area contributed by atoms with Crippen molar-refractivity contribution in [2.24, 2.45) is 0 Å². The number of amides is 2. The van der Waals surface area contributed by atoms with Gasteiger partial charge in [0.05, 0.1) is 6.61 Å². The number of ether oxygens (including phenoxy) is 2. The molecule has 0 atom stereocenters. The summed E-state index contributed by atoms with van der Waals surface area (Å²) in [7, 11) is 0. The highest BCUT2D eigenvalue weighted by Gasteiger charge is 2.17. The molecule has 6 nitrogen and oxygen atoms in total. The molecule has 0 saturated carbocycles. The van der Waals surface area contributed by atoms with Crippen LogP contribution in [0, 0.1) is 0 Å². The zero-order valence-electron chi connectivity index (χ0n) is 14.4. The number of pyridine rings is 1. The Morgan fingerprint density at radius 3 is 2.60 bits per heavy atom. The van der Waals surface area contributed by atoms with Gasteiger partial charge in [0.25, 0.3) is 0 Å². The first kappa shape index (κ1) is 17.1. The summed E-state index contributed by atoms with van der Waals surface area (Å²) in [5.41, 5.74) is 0.929. The van der Waals surface area contributed by atoms with Crippen LogP contribution in [0.25, 0.3) is 0 Å². The van der Waals surface area contributed by atoms with Crippen LogP contribution in [0.4, 0.5) is 4.79 Å². The fraction of sp³-hybridized carbons (Fsp3) is 0.368. The molecule has 132 valence electrons. The Bertz CT molecular complexity index is 697. The van der Waals surface area contributed by atoms with Gasteiger partial charge in [0.1, 0.15) is 0 Å². The molecule has 0 aliphatic carbocycles. The Hall–Kier alpha value is -2.76. The number of carbonyl (C=O) groups is 1.